The van der Waals surface area contributed by atoms with E-state index in [1.807, 2.05) is 0 Å². The minimum atomic E-state index is -3.51. The van der Waals surface area contributed by atoms with Gasteiger partial charge in [0.25, 0.3) is 5.97 Å². The molecule has 0 aliphatic heterocycles. The molecule has 0 heterocycles. The summed E-state index contributed by atoms with van der Waals surface area (Å²) < 4.78 is 18.3. The van der Waals surface area contributed by atoms with Crippen LogP contribution >= 0.6 is 16.9 Å². The molecule has 0 spiro atoms. The van der Waals surface area contributed by atoms with Crippen LogP contribution in [0.15, 0.2) is 0 Å². The molecule has 8 nitrogen and oxygen atoms in total. The van der Waals surface area contributed by atoms with Crippen molar-refractivity contribution in [3.05, 3.63) is 0 Å². The summed E-state index contributed by atoms with van der Waals surface area (Å²) in [6, 6.07) is 1.62. The normalized spacial score (nSPS) is 17.4. The van der Waals surface area contributed by atoms with E-state index in [1.165, 1.54) is 0 Å². The highest BCUT2D eigenvalue weighted by atomic mass is 31.2. The second kappa shape index (κ2) is 6.40. The first kappa shape index (κ1) is 13.9. The fraction of sp³-hybridized carbons (Fsp3) is 0.750. The molecule has 82 valence electrons. The molecule has 0 aromatic heterocycles. The lowest BCUT2D eigenvalue weighted by Gasteiger charge is -2.24. The summed E-state index contributed by atoms with van der Waals surface area (Å²) in [6.07, 6.45) is -0.713. The van der Waals surface area contributed by atoms with Crippen molar-refractivity contribution in [3.63, 3.8) is 0 Å². The molecule has 0 amide bonds. The van der Waals surface area contributed by atoms with Gasteiger partial charge in [0, 0.05) is 12.8 Å². The van der Waals surface area contributed by atoms with Crippen LogP contribution in [0.4, 0.5) is 0 Å². The van der Waals surface area contributed by atoms with Crippen molar-refractivity contribution in [2.24, 2.45) is 0 Å². The lowest BCUT2D eigenvalue weighted by molar-refractivity contribution is -0.278. The van der Waals surface area contributed by atoms with Gasteiger partial charge in [0.05, 0.1) is 6.07 Å². The summed E-state index contributed by atoms with van der Waals surface area (Å²) in [4.78, 5) is 25.2. The number of nitriles is 1. The SMILES string of the molecule is N#CCCC(O)(OP(O)O)O[PH](=O)O. The summed E-state index contributed by atoms with van der Waals surface area (Å²) in [7, 11) is -6.47. The van der Waals surface area contributed by atoms with Crippen LogP contribution in [-0.2, 0) is 13.6 Å². The van der Waals surface area contributed by atoms with Crippen LogP contribution in [-0.4, -0.2) is 25.8 Å². The Morgan fingerprint density at radius 3 is 2.50 bits per heavy atom. The molecule has 0 saturated heterocycles. The summed E-state index contributed by atoms with van der Waals surface area (Å²) in [5, 5.41) is 17.4. The van der Waals surface area contributed by atoms with E-state index in [0.717, 1.165) is 0 Å². The second-order valence-electron chi connectivity index (χ2n) is 2.08. The smallest absolute Gasteiger partial charge is 0.331 e. The van der Waals surface area contributed by atoms with E-state index in [2.05, 4.69) is 9.05 Å². The standard InChI is InChI=1S/C4H9NO7P2/c5-3-1-2-4(6,11-13(7)8)12-14(9)10/h6-8,14H,1-2H2,(H,9,10). The van der Waals surface area contributed by atoms with E-state index < -0.39 is 29.3 Å². The lowest BCUT2D eigenvalue weighted by atomic mass is 10.3. The molecule has 0 aromatic carbocycles. The van der Waals surface area contributed by atoms with Gasteiger partial charge in [-0.05, 0) is 0 Å². The molecule has 0 aromatic rings. The number of aliphatic hydroxyl groups is 1. The third-order valence-electron chi connectivity index (χ3n) is 1.02. The van der Waals surface area contributed by atoms with Gasteiger partial charge in [-0.15, -0.1) is 0 Å². The van der Waals surface area contributed by atoms with Crippen LogP contribution in [0.3, 0.4) is 0 Å². The zero-order valence-electron chi connectivity index (χ0n) is 6.82. The lowest BCUT2D eigenvalue weighted by Crippen LogP contribution is -2.31. The van der Waals surface area contributed by atoms with Crippen LogP contribution in [0, 0.1) is 11.3 Å². The first-order valence-electron chi connectivity index (χ1n) is 3.28. The van der Waals surface area contributed by atoms with Gasteiger partial charge in [0.15, 0.2) is 0 Å². The van der Waals surface area contributed by atoms with E-state index in [0.29, 0.717) is 0 Å². The predicted octanol–water partition coefficient (Wildman–Crippen LogP) is -0.437. The number of hydrogen-bond acceptors (Lipinski definition) is 7. The highest BCUT2D eigenvalue weighted by molar-refractivity contribution is 7.39. The Morgan fingerprint density at radius 1 is 1.57 bits per heavy atom. The van der Waals surface area contributed by atoms with E-state index in [9.17, 15) is 9.67 Å². The van der Waals surface area contributed by atoms with Crippen molar-refractivity contribution in [2.75, 3.05) is 0 Å². The Bertz CT molecular complexity index is 240. The highest BCUT2D eigenvalue weighted by Gasteiger charge is 2.34. The Kier molecular flexibility index (Phi) is 6.36. The third kappa shape index (κ3) is 6.38. The van der Waals surface area contributed by atoms with Crippen LogP contribution < -0.4 is 0 Å². The molecule has 0 rings (SSSR count). The maximum atomic E-state index is 10.2. The largest absolute Gasteiger partial charge is 0.343 e. The average molecular weight is 245 g/mol. The van der Waals surface area contributed by atoms with Crippen LogP contribution in [0.25, 0.3) is 0 Å². The molecule has 0 radical (unpaired) electrons. The zero-order chi connectivity index (χ0) is 11.2. The quantitative estimate of drug-likeness (QED) is 0.364. The van der Waals surface area contributed by atoms with E-state index in [-0.39, 0.29) is 6.42 Å². The molecule has 10 heteroatoms. The number of hydrogen-bond donors (Lipinski definition) is 4. The first-order valence-corrected chi connectivity index (χ1v) is 5.71. The molecule has 0 aliphatic carbocycles. The molecule has 0 saturated carbocycles. The van der Waals surface area contributed by atoms with Gasteiger partial charge >= 0.3 is 16.9 Å². The van der Waals surface area contributed by atoms with Gasteiger partial charge < -0.3 is 19.8 Å². The summed E-state index contributed by atoms with van der Waals surface area (Å²) >= 11 is 0. The summed E-state index contributed by atoms with van der Waals surface area (Å²) in [5.41, 5.74) is 0. The first-order chi connectivity index (χ1) is 6.39. The Hall–Kier alpha value is -0.0900. The van der Waals surface area contributed by atoms with E-state index >= 15 is 0 Å². The minimum absolute atomic E-state index is 0.241. The Morgan fingerprint density at radius 2 is 2.14 bits per heavy atom. The summed E-state index contributed by atoms with van der Waals surface area (Å²) in [6.45, 7) is 0. The number of rotatable bonds is 6. The highest BCUT2D eigenvalue weighted by Crippen LogP contribution is 2.38. The van der Waals surface area contributed by atoms with E-state index in [1.54, 1.807) is 6.07 Å². The van der Waals surface area contributed by atoms with Gasteiger partial charge in [0.2, 0.25) is 0 Å². The zero-order valence-corrected chi connectivity index (χ0v) is 8.72. The predicted molar refractivity (Wildman–Crippen MR) is 44.5 cm³/mol. The third-order valence-corrected chi connectivity index (χ3v) is 1.97. The fourth-order valence-corrected chi connectivity index (χ4v) is 1.46. The molecule has 4 N–H and O–H groups in total. The molecule has 0 fully saturated rings. The molecule has 0 bridgehead atoms. The van der Waals surface area contributed by atoms with Gasteiger partial charge in [-0.25, -0.2) is 0 Å². The minimum Gasteiger partial charge on any atom is -0.343 e. The summed E-state index contributed by atoms with van der Waals surface area (Å²) in [5.74, 6) is -2.62. The van der Waals surface area contributed by atoms with Crippen LogP contribution in [0.2, 0.25) is 0 Å². The molecule has 2 unspecified atom stereocenters. The van der Waals surface area contributed by atoms with Gasteiger partial charge in [-0.2, -0.15) is 5.26 Å². The van der Waals surface area contributed by atoms with Crippen molar-refractivity contribution in [2.45, 2.75) is 18.8 Å². The van der Waals surface area contributed by atoms with Crippen molar-refractivity contribution in [1.29, 1.82) is 5.26 Å². The van der Waals surface area contributed by atoms with Crippen molar-refractivity contribution >= 4 is 16.9 Å². The van der Waals surface area contributed by atoms with Crippen molar-refractivity contribution < 1.29 is 33.4 Å². The second-order valence-corrected chi connectivity index (χ2v) is 3.51. The molecule has 2 atom stereocenters. The molecular formula is C4H9NO7P2. The fourth-order valence-electron chi connectivity index (χ4n) is 0.593. The molecule has 14 heavy (non-hydrogen) atoms. The van der Waals surface area contributed by atoms with Gasteiger partial charge in [0.1, 0.15) is 0 Å². The maximum Gasteiger partial charge on any atom is 0.331 e. The van der Waals surface area contributed by atoms with Gasteiger partial charge in [-0.3, -0.25) is 13.6 Å². The van der Waals surface area contributed by atoms with Crippen LogP contribution in [0.1, 0.15) is 12.8 Å². The van der Waals surface area contributed by atoms with Gasteiger partial charge in [-0.1, -0.05) is 0 Å². The Balaban J connectivity index is 4.33. The maximum absolute atomic E-state index is 10.2. The topological polar surface area (TPSA) is 140 Å². The molecular weight excluding hydrogens is 236 g/mol. The van der Waals surface area contributed by atoms with Crippen LogP contribution in [0.5, 0.6) is 0 Å². The monoisotopic (exact) mass is 245 g/mol. The Labute approximate surface area is 81.3 Å². The molecule has 0 aliphatic rings. The van der Waals surface area contributed by atoms with Crippen molar-refractivity contribution in [1.82, 2.24) is 0 Å². The van der Waals surface area contributed by atoms with Crippen molar-refractivity contribution in [3.8, 4) is 6.07 Å². The average Bonchev–Trinajstić information content (AvgIpc) is 1.97. The number of nitrogens with zero attached hydrogens (tertiary/aromatic N) is 1. The van der Waals surface area contributed by atoms with E-state index in [4.69, 9.17) is 19.9 Å².